The minimum absolute atomic E-state index is 0. The van der Waals surface area contributed by atoms with E-state index in [9.17, 15) is 21.6 Å². The Hall–Kier alpha value is 0.323. The molecule has 0 aromatic carbocycles. The van der Waals surface area contributed by atoms with E-state index in [1.54, 1.807) is 0 Å². The van der Waals surface area contributed by atoms with Crippen LogP contribution in [0.2, 0.25) is 0 Å². The minimum Gasteiger partial charge on any atom is -0.263 e. The van der Waals surface area contributed by atoms with Crippen molar-refractivity contribution in [2.45, 2.75) is 18.9 Å². The van der Waals surface area contributed by atoms with Crippen molar-refractivity contribution in [2.24, 2.45) is 0 Å². The molecule has 0 amide bonds. The molecule has 0 saturated heterocycles. The van der Waals surface area contributed by atoms with Gasteiger partial charge in [-0.25, -0.2) is 0 Å². The predicted octanol–water partition coefficient (Wildman–Crippen LogP) is 1.26. The second-order valence-electron chi connectivity index (χ2n) is 1.72. The van der Waals surface area contributed by atoms with Gasteiger partial charge in [-0.1, -0.05) is 6.92 Å². The fourth-order valence-electron chi connectivity index (χ4n) is 0.260. The molecule has 12 heavy (non-hydrogen) atoms. The molecule has 0 saturated carbocycles. The Labute approximate surface area is 81.2 Å². The van der Waals surface area contributed by atoms with Crippen LogP contribution in [0.5, 0.6) is 0 Å². The standard InChI is InChI=1S/C4H7F3O3S.Zn/c1-2-3-10-11(8,9)4(5,6)7;/h2-3H2,1H3;. The van der Waals surface area contributed by atoms with Gasteiger partial charge in [-0.15, -0.1) is 0 Å². The van der Waals surface area contributed by atoms with Crippen molar-refractivity contribution in [3.8, 4) is 0 Å². The second kappa shape index (κ2) is 5.14. The molecule has 0 aromatic heterocycles. The first kappa shape index (κ1) is 14.8. The fraction of sp³-hybridized carbons (Fsp3) is 1.00. The largest absolute Gasteiger partial charge is 0.523 e. The monoisotopic (exact) mass is 256 g/mol. The maximum absolute atomic E-state index is 11.4. The fourth-order valence-corrected chi connectivity index (χ4v) is 0.780. The van der Waals surface area contributed by atoms with Crippen LogP contribution in [0.15, 0.2) is 0 Å². The molecule has 0 fully saturated rings. The zero-order chi connectivity index (χ0) is 9.12. The molecule has 0 spiro atoms. The number of alkyl halides is 3. The minimum atomic E-state index is -5.36. The van der Waals surface area contributed by atoms with E-state index in [4.69, 9.17) is 0 Å². The third kappa shape index (κ3) is 4.37. The Morgan fingerprint density at radius 3 is 2.00 bits per heavy atom. The maximum atomic E-state index is 11.4. The van der Waals surface area contributed by atoms with Crippen LogP contribution >= 0.6 is 0 Å². The first-order valence-corrected chi connectivity index (χ1v) is 4.18. The third-order valence-corrected chi connectivity index (χ3v) is 1.77. The zero-order valence-corrected chi connectivity index (χ0v) is 10.2. The number of hydrogen-bond donors (Lipinski definition) is 0. The maximum Gasteiger partial charge on any atom is 0.523 e. The molecule has 3 nitrogen and oxygen atoms in total. The summed E-state index contributed by atoms with van der Waals surface area (Å²) in [6.07, 6.45) is 0.218. The van der Waals surface area contributed by atoms with E-state index in [1.165, 1.54) is 6.92 Å². The second-order valence-corrected chi connectivity index (χ2v) is 3.33. The van der Waals surface area contributed by atoms with Crippen molar-refractivity contribution >= 4 is 10.1 Å². The van der Waals surface area contributed by atoms with Crippen molar-refractivity contribution in [2.75, 3.05) is 6.61 Å². The average molecular weight is 258 g/mol. The van der Waals surface area contributed by atoms with Crippen LogP contribution in [0.1, 0.15) is 13.3 Å². The van der Waals surface area contributed by atoms with Gasteiger partial charge in [0.2, 0.25) is 0 Å². The average Bonchev–Trinajstić information content (AvgIpc) is 1.81. The molecular weight excluding hydrogens is 250 g/mol. The molecule has 0 unspecified atom stereocenters. The molecule has 0 N–H and O–H groups in total. The van der Waals surface area contributed by atoms with Crippen LogP contribution in [0.25, 0.3) is 0 Å². The van der Waals surface area contributed by atoms with E-state index in [-0.39, 0.29) is 25.9 Å². The smallest absolute Gasteiger partial charge is 0.263 e. The molecule has 70 valence electrons. The van der Waals surface area contributed by atoms with Gasteiger partial charge in [-0.3, -0.25) is 4.18 Å². The van der Waals surface area contributed by atoms with Crippen molar-refractivity contribution in [1.29, 1.82) is 0 Å². The van der Waals surface area contributed by atoms with Crippen LogP contribution in [-0.4, -0.2) is 20.5 Å². The molecule has 0 rings (SSSR count). The van der Waals surface area contributed by atoms with Crippen molar-refractivity contribution in [3.05, 3.63) is 0 Å². The van der Waals surface area contributed by atoms with Gasteiger partial charge in [0.15, 0.2) is 0 Å². The summed E-state index contributed by atoms with van der Waals surface area (Å²) in [6, 6.07) is 0. The summed E-state index contributed by atoms with van der Waals surface area (Å²) in [7, 11) is -5.36. The molecule has 0 bridgehead atoms. The number of hydrogen-bond acceptors (Lipinski definition) is 3. The summed E-state index contributed by atoms with van der Waals surface area (Å²) in [5, 5.41) is 0. The van der Waals surface area contributed by atoms with Gasteiger partial charge in [0, 0.05) is 19.5 Å². The number of halogens is 3. The molecule has 0 aromatic rings. The zero-order valence-electron chi connectivity index (χ0n) is 6.39. The molecular formula is C4H7F3O3SZn. The molecule has 0 radical (unpaired) electrons. The van der Waals surface area contributed by atoms with Crippen LogP contribution in [0.4, 0.5) is 13.2 Å². The predicted molar refractivity (Wildman–Crippen MR) is 31.2 cm³/mol. The molecule has 0 heterocycles. The molecule has 8 heteroatoms. The summed E-state index contributed by atoms with van der Waals surface area (Å²) >= 11 is 0. The molecule has 0 aliphatic heterocycles. The van der Waals surface area contributed by atoms with Crippen molar-refractivity contribution in [3.63, 3.8) is 0 Å². The summed E-state index contributed by atoms with van der Waals surface area (Å²) in [5.41, 5.74) is -5.30. The van der Waals surface area contributed by atoms with E-state index >= 15 is 0 Å². The third-order valence-electron chi connectivity index (χ3n) is 0.726. The molecule has 0 atom stereocenters. The van der Waals surface area contributed by atoms with Gasteiger partial charge in [0.05, 0.1) is 6.61 Å². The summed E-state index contributed by atoms with van der Waals surface area (Å²) in [5.74, 6) is 0. The summed E-state index contributed by atoms with van der Waals surface area (Å²) in [4.78, 5) is 0. The SMILES string of the molecule is CCCOS(=O)(=O)C(F)(F)F.[Zn]. The van der Waals surface area contributed by atoms with E-state index in [1.807, 2.05) is 0 Å². The van der Waals surface area contributed by atoms with Crippen LogP contribution in [0, 0.1) is 0 Å². The van der Waals surface area contributed by atoms with Gasteiger partial charge in [0.1, 0.15) is 0 Å². The molecule has 0 aliphatic carbocycles. The van der Waals surface area contributed by atoms with Crippen LogP contribution in [0.3, 0.4) is 0 Å². The summed E-state index contributed by atoms with van der Waals surface area (Å²) < 4.78 is 58.0. The normalized spacial score (nSPS) is 12.3. The van der Waals surface area contributed by atoms with Crippen LogP contribution < -0.4 is 0 Å². The Balaban J connectivity index is 0. The van der Waals surface area contributed by atoms with Gasteiger partial charge < -0.3 is 0 Å². The van der Waals surface area contributed by atoms with Crippen LogP contribution in [-0.2, 0) is 33.8 Å². The summed E-state index contributed by atoms with van der Waals surface area (Å²) in [6.45, 7) is 1.06. The first-order valence-electron chi connectivity index (χ1n) is 2.77. The van der Waals surface area contributed by atoms with E-state index < -0.39 is 22.2 Å². The number of rotatable bonds is 3. The van der Waals surface area contributed by atoms with E-state index in [0.717, 1.165) is 0 Å². The Morgan fingerprint density at radius 2 is 1.75 bits per heavy atom. The van der Waals surface area contributed by atoms with Crippen molar-refractivity contribution < 1.29 is 45.3 Å². The van der Waals surface area contributed by atoms with E-state index in [0.29, 0.717) is 0 Å². The molecule has 0 aliphatic rings. The van der Waals surface area contributed by atoms with Gasteiger partial charge >= 0.3 is 15.6 Å². The Bertz CT molecular complexity index is 210. The van der Waals surface area contributed by atoms with Gasteiger partial charge in [-0.2, -0.15) is 21.6 Å². The van der Waals surface area contributed by atoms with Gasteiger partial charge in [0.25, 0.3) is 0 Å². The quantitative estimate of drug-likeness (QED) is 0.434. The van der Waals surface area contributed by atoms with E-state index in [2.05, 4.69) is 4.18 Å². The Kier molecular flexibility index (Phi) is 6.35. The topological polar surface area (TPSA) is 43.4 Å². The first-order chi connectivity index (χ1) is 4.81. The van der Waals surface area contributed by atoms with Gasteiger partial charge in [-0.05, 0) is 6.42 Å². The van der Waals surface area contributed by atoms with Crippen molar-refractivity contribution in [1.82, 2.24) is 0 Å². The Morgan fingerprint density at radius 1 is 1.33 bits per heavy atom.